The highest BCUT2D eigenvalue weighted by Gasteiger charge is 2.14. The summed E-state index contributed by atoms with van der Waals surface area (Å²) < 4.78 is 1.27. The number of hydrogen-bond acceptors (Lipinski definition) is 1. The summed E-state index contributed by atoms with van der Waals surface area (Å²) in [5.74, 6) is 0.552. The predicted octanol–water partition coefficient (Wildman–Crippen LogP) is 3.76. The van der Waals surface area contributed by atoms with Gasteiger partial charge in [0.25, 0.3) is 0 Å². The molecule has 2 atom stereocenters. The molecule has 0 saturated heterocycles. The summed E-state index contributed by atoms with van der Waals surface area (Å²) >= 11 is 2.35. The van der Waals surface area contributed by atoms with Crippen LogP contribution < -0.4 is 5.73 Å². The first-order chi connectivity index (χ1) is 6.16. The fourth-order valence-electron chi connectivity index (χ4n) is 1.31. The van der Waals surface area contributed by atoms with Crippen molar-refractivity contribution < 1.29 is 0 Å². The van der Waals surface area contributed by atoms with Crippen molar-refractivity contribution in [2.45, 2.75) is 26.3 Å². The Bertz CT molecular complexity index is 278. The Labute approximate surface area is 106 Å². The van der Waals surface area contributed by atoms with Crippen molar-refractivity contribution in [3.05, 3.63) is 33.4 Å². The lowest BCUT2D eigenvalue weighted by atomic mass is 9.93. The predicted molar refractivity (Wildman–Crippen MR) is 72.8 cm³/mol. The SMILES string of the molecule is CCC(C)[C@@H](N)c1ccccc1I.Cl. The molecule has 1 unspecified atom stereocenters. The fourth-order valence-corrected chi connectivity index (χ4v) is 2.05. The Morgan fingerprint density at radius 1 is 1.36 bits per heavy atom. The minimum atomic E-state index is 0. The van der Waals surface area contributed by atoms with Gasteiger partial charge in [0.15, 0.2) is 0 Å². The molecule has 1 aromatic rings. The minimum absolute atomic E-state index is 0. The van der Waals surface area contributed by atoms with Gasteiger partial charge in [-0.05, 0) is 40.1 Å². The normalized spacial score (nSPS) is 14.3. The molecular formula is C11H17ClIN. The molecule has 0 aliphatic heterocycles. The highest BCUT2D eigenvalue weighted by atomic mass is 127. The molecule has 2 N–H and O–H groups in total. The van der Waals surface area contributed by atoms with Gasteiger partial charge >= 0.3 is 0 Å². The van der Waals surface area contributed by atoms with Gasteiger partial charge < -0.3 is 5.73 Å². The fraction of sp³-hybridized carbons (Fsp3) is 0.455. The summed E-state index contributed by atoms with van der Waals surface area (Å²) in [5.41, 5.74) is 7.42. The van der Waals surface area contributed by atoms with Crippen molar-refractivity contribution >= 4 is 35.0 Å². The van der Waals surface area contributed by atoms with Crippen molar-refractivity contribution in [3.63, 3.8) is 0 Å². The van der Waals surface area contributed by atoms with E-state index in [9.17, 15) is 0 Å². The van der Waals surface area contributed by atoms with Crippen molar-refractivity contribution in [3.8, 4) is 0 Å². The number of halogens is 2. The molecule has 80 valence electrons. The number of rotatable bonds is 3. The van der Waals surface area contributed by atoms with E-state index < -0.39 is 0 Å². The second kappa shape index (κ2) is 6.64. The van der Waals surface area contributed by atoms with Crippen molar-refractivity contribution in [1.29, 1.82) is 0 Å². The molecule has 0 bridgehead atoms. The van der Waals surface area contributed by atoms with E-state index >= 15 is 0 Å². The Morgan fingerprint density at radius 2 is 1.93 bits per heavy atom. The second-order valence-electron chi connectivity index (χ2n) is 3.43. The van der Waals surface area contributed by atoms with Crippen molar-refractivity contribution in [1.82, 2.24) is 0 Å². The van der Waals surface area contributed by atoms with Crippen LogP contribution in [0.25, 0.3) is 0 Å². The molecule has 1 aromatic carbocycles. The Kier molecular flexibility index (Phi) is 6.74. The standard InChI is InChI=1S/C11H16IN.ClH/c1-3-8(2)11(13)9-6-4-5-7-10(9)12;/h4-8,11H,3,13H2,1-2H3;1H/t8?,11-;/m1./s1. The number of benzene rings is 1. The van der Waals surface area contributed by atoms with Gasteiger partial charge in [-0.3, -0.25) is 0 Å². The zero-order valence-electron chi connectivity index (χ0n) is 8.53. The molecule has 0 spiro atoms. The largest absolute Gasteiger partial charge is 0.324 e. The molecule has 0 aromatic heterocycles. The lowest BCUT2D eigenvalue weighted by Crippen LogP contribution is -2.19. The molecule has 0 aliphatic carbocycles. The van der Waals surface area contributed by atoms with E-state index in [1.165, 1.54) is 9.13 Å². The summed E-state index contributed by atoms with van der Waals surface area (Å²) in [7, 11) is 0. The third kappa shape index (κ3) is 3.41. The Morgan fingerprint density at radius 3 is 2.43 bits per heavy atom. The van der Waals surface area contributed by atoms with E-state index in [1.54, 1.807) is 0 Å². The van der Waals surface area contributed by atoms with Crippen LogP contribution in [0.2, 0.25) is 0 Å². The molecular weight excluding hydrogens is 308 g/mol. The first-order valence-corrected chi connectivity index (χ1v) is 5.74. The first kappa shape index (κ1) is 14.2. The van der Waals surface area contributed by atoms with Crippen LogP contribution in [0.3, 0.4) is 0 Å². The molecule has 1 nitrogen and oxygen atoms in total. The average molecular weight is 326 g/mol. The Hall–Kier alpha value is 0.200. The molecule has 0 fully saturated rings. The van der Waals surface area contributed by atoms with Crippen LogP contribution in [0.15, 0.2) is 24.3 Å². The molecule has 0 aliphatic rings. The summed E-state index contributed by atoms with van der Waals surface area (Å²) in [6.07, 6.45) is 1.13. The number of nitrogens with two attached hydrogens (primary N) is 1. The molecule has 14 heavy (non-hydrogen) atoms. The summed E-state index contributed by atoms with van der Waals surface area (Å²) in [5, 5.41) is 0. The van der Waals surface area contributed by atoms with Crippen LogP contribution in [0.4, 0.5) is 0 Å². The lowest BCUT2D eigenvalue weighted by Gasteiger charge is -2.19. The highest BCUT2D eigenvalue weighted by Crippen LogP contribution is 2.25. The zero-order chi connectivity index (χ0) is 9.84. The zero-order valence-corrected chi connectivity index (χ0v) is 11.5. The number of hydrogen-bond donors (Lipinski definition) is 1. The van der Waals surface area contributed by atoms with Crippen LogP contribution in [0, 0.1) is 9.49 Å². The van der Waals surface area contributed by atoms with E-state index in [0.29, 0.717) is 5.92 Å². The lowest BCUT2D eigenvalue weighted by molar-refractivity contribution is 0.455. The summed E-state index contributed by atoms with van der Waals surface area (Å²) in [6.45, 7) is 4.38. The maximum Gasteiger partial charge on any atom is 0.0331 e. The molecule has 0 saturated carbocycles. The third-order valence-electron chi connectivity index (χ3n) is 2.52. The van der Waals surface area contributed by atoms with Gasteiger partial charge in [-0.25, -0.2) is 0 Å². The van der Waals surface area contributed by atoms with E-state index in [-0.39, 0.29) is 18.4 Å². The second-order valence-corrected chi connectivity index (χ2v) is 4.60. The van der Waals surface area contributed by atoms with Gasteiger partial charge in [0.05, 0.1) is 0 Å². The quantitative estimate of drug-likeness (QED) is 0.841. The smallest absolute Gasteiger partial charge is 0.0331 e. The van der Waals surface area contributed by atoms with Gasteiger partial charge in [0, 0.05) is 9.61 Å². The molecule has 1 rings (SSSR count). The van der Waals surface area contributed by atoms with Crippen LogP contribution >= 0.6 is 35.0 Å². The minimum Gasteiger partial charge on any atom is -0.324 e. The molecule has 0 heterocycles. The van der Waals surface area contributed by atoms with Crippen LogP contribution in [-0.4, -0.2) is 0 Å². The maximum absolute atomic E-state index is 6.15. The Balaban J connectivity index is 0.00000169. The van der Waals surface area contributed by atoms with E-state index in [4.69, 9.17) is 5.73 Å². The molecule has 0 radical (unpaired) electrons. The topological polar surface area (TPSA) is 26.0 Å². The van der Waals surface area contributed by atoms with Crippen molar-refractivity contribution in [2.24, 2.45) is 11.7 Å². The average Bonchev–Trinajstić information content (AvgIpc) is 2.16. The van der Waals surface area contributed by atoms with Gasteiger partial charge in [0.1, 0.15) is 0 Å². The maximum atomic E-state index is 6.15. The van der Waals surface area contributed by atoms with Crippen LogP contribution in [-0.2, 0) is 0 Å². The molecule has 0 amide bonds. The first-order valence-electron chi connectivity index (χ1n) is 4.66. The van der Waals surface area contributed by atoms with Crippen molar-refractivity contribution in [2.75, 3.05) is 0 Å². The third-order valence-corrected chi connectivity index (χ3v) is 3.50. The van der Waals surface area contributed by atoms with Gasteiger partial charge in [0.2, 0.25) is 0 Å². The van der Waals surface area contributed by atoms with E-state index in [0.717, 1.165) is 6.42 Å². The van der Waals surface area contributed by atoms with Crippen LogP contribution in [0.5, 0.6) is 0 Å². The monoisotopic (exact) mass is 325 g/mol. The van der Waals surface area contributed by atoms with Gasteiger partial charge in [-0.15, -0.1) is 12.4 Å². The van der Waals surface area contributed by atoms with Gasteiger partial charge in [-0.2, -0.15) is 0 Å². The van der Waals surface area contributed by atoms with E-state index in [1.807, 2.05) is 0 Å². The highest BCUT2D eigenvalue weighted by molar-refractivity contribution is 14.1. The van der Waals surface area contributed by atoms with Gasteiger partial charge in [-0.1, -0.05) is 38.5 Å². The van der Waals surface area contributed by atoms with E-state index in [2.05, 4.69) is 60.7 Å². The van der Waals surface area contributed by atoms with Crippen LogP contribution in [0.1, 0.15) is 31.9 Å². The molecule has 3 heteroatoms. The summed E-state index contributed by atoms with van der Waals surface area (Å²) in [4.78, 5) is 0. The summed E-state index contributed by atoms with van der Waals surface area (Å²) in [6, 6.07) is 8.52.